The highest BCUT2D eigenvalue weighted by Gasteiger charge is 2.46. The molecule has 0 aromatic heterocycles. The van der Waals surface area contributed by atoms with Crippen LogP contribution >= 0.6 is 0 Å². The molecule has 2 aliphatic carbocycles. The van der Waals surface area contributed by atoms with Gasteiger partial charge in [0.2, 0.25) is 0 Å². The van der Waals surface area contributed by atoms with Crippen LogP contribution in [0.1, 0.15) is 39.5 Å². The Labute approximate surface area is 92.7 Å². The molecule has 2 aliphatic rings. The Balaban J connectivity index is 2.11. The summed E-state index contributed by atoms with van der Waals surface area (Å²) in [4.78, 5) is 0. The molecule has 2 N–H and O–H groups in total. The zero-order valence-electron chi connectivity index (χ0n) is 9.89. The van der Waals surface area contributed by atoms with Crippen molar-refractivity contribution in [3.63, 3.8) is 0 Å². The van der Waals surface area contributed by atoms with Crippen LogP contribution in [0.4, 0.5) is 0 Å². The third-order valence-corrected chi connectivity index (χ3v) is 4.91. The van der Waals surface area contributed by atoms with E-state index in [2.05, 4.69) is 13.8 Å². The van der Waals surface area contributed by atoms with Crippen LogP contribution in [0.3, 0.4) is 0 Å². The number of aliphatic hydroxyl groups excluding tert-OH is 2. The molecule has 0 aromatic carbocycles. The van der Waals surface area contributed by atoms with E-state index in [1.54, 1.807) is 0 Å². The summed E-state index contributed by atoms with van der Waals surface area (Å²) >= 11 is 0. The van der Waals surface area contributed by atoms with E-state index >= 15 is 0 Å². The Hall–Kier alpha value is -0.0800. The van der Waals surface area contributed by atoms with E-state index < -0.39 is 0 Å². The summed E-state index contributed by atoms with van der Waals surface area (Å²) in [5.74, 6) is 2.97. The van der Waals surface area contributed by atoms with E-state index in [-0.39, 0.29) is 6.10 Å². The van der Waals surface area contributed by atoms with Crippen LogP contribution in [0.25, 0.3) is 0 Å². The molecule has 0 amide bonds. The SMILES string of the molecule is CC(CO)C1CCC2C(O)CC[C@H](C)C12. The first kappa shape index (κ1) is 11.4. The molecule has 2 heteroatoms. The quantitative estimate of drug-likeness (QED) is 0.735. The lowest BCUT2D eigenvalue weighted by molar-refractivity contribution is -0.00131. The second kappa shape index (κ2) is 4.42. The first-order chi connectivity index (χ1) is 7.15. The van der Waals surface area contributed by atoms with Gasteiger partial charge in [-0.2, -0.15) is 0 Å². The predicted octanol–water partition coefficient (Wildman–Crippen LogP) is 2.05. The maximum atomic E-state index is 10.0. The molecule has 6 atom stereocenters. The third-order valence-electron chi connectivity index (χ3n) is 4.91. The van der Waals surface area contributed by atoms with Crippen molar-refractivity contribution in [2.45, 2.75) is 45.6 Å². The van der Waals surface area contributed by atoms with E-state index in [1.165, 1.54) is 12.8 Å². The van der Waals surface area contributed by atoms with Gasteiger partial charge in [0.25, 0.3) is 0 Å². The Kier molecular flexibility index (Phi) is 3.36. The summed E-state index contributed by atoms with van der Waals surface area (Å²) in [5, 5.41) is 19.3. The fraction of sp³-hybridized carbons (Fsp3) is 1.00. The van der Waals surface area contributed by atoms with Gasteiger partial charge in [0.15, 0.2) is 0 Å². The lowest BCUT2D eigenvalue weighted by Crippen LogP contribution is -2.38. The minimum Gasteiger partial charge on any atom is -0.396 e. The lowest BCUT2D eigenvalue weighted by atomic mass is 9.68. The van der Waals surface area contributed by atoms with Crippen LogP contribution < -0.4 is 0 Å². The molecule has 0 bridgehead atoms. The minimum atomic E-state index is -0.0675. The molecular weight excluding hydrogens is 188 g/mol. The second-order valence-electron chi connectivity index (χ2n) is 5.76. The van der Waals surface area contributed by atoms with E-state index in [0.29, 0.717) is 30.3 Å². The first-order valence-corrected chi connectivity index (χ1v) is 6.44. The molecular formula is C13H24O2. The number of hydrogen-bond acceptors (Lipinski definition) is 2. The number of rotatable bonds is 2. The van der Waals surface area contributed by atoms with Crippen molar-refractivity contribution in [2.75, 3.05) is 6.61 Å². The lowest BCUT2D eigenvalue weighted by Gasteiger charge is -2.39. The van der Waals surface area contributed by atoms with Gasteiger partial charge in [-0.15, -0.1) is 0 Å². The maximum absolute atomic E-state index is 10.0. The summed E-state index contributed by atoms with van der Waals surface area (Å²) in [6.45, 7) is 4.78. The Morgan fingerprint density at radius 1 is 1.20 bits per heavy atom. The molecule has 0 heterocycles. The first-order valence-electron chi connectivity index (χ1n) is 6.44. The van der Waals surface area contributed by atoms with Crippen molar-refractivity contribution in [1.29, 1.82) is 0 Å². The van der Waals surface area contributed by atoms with Crippen LogP contribution in [0.15, 0.2) is 0 Å². The second-order valence-corrected chi connectivity index (χ2v) is 5.76. The highest BCUT2D eigenvalue weighted by Crippen LogP contribution is 2.51. The molecule has 2 nitrogen and oxygen atoms in total. The van der Waals surface area contributed by atoms with Crippen molar-refractivity contribution in [3.05, 3.63) is 0 Å². The minimum absolute atomic E-state index is 0.0675. The van der Waals surface area contributed by atoms with Crippen LogP contribution in [-0.4, -0.2) is 22.9 Å². The number of fused-ring (bicyclic) bond motifs is 1. The normalized spacial score (nSPS) is 47.6. The van der Waals surface area contributed by atoms with Crippen molar-refractivity contribution in [1.82, 2.24) is 0 Å². The van der Waals surface area contributed by atoms with Gasteiger partial charge in [0, 0.05) is 6.61 Å². The Bertz CT molecular complexity index is 217. The van der Waals surface area contributed by atoms with Gasteiger partial charge in [-0.25, -0.2) is 0 Å². The van der Waals surface area contributed by atoms with Crippen molar-refractivity contribution < 1.29 is 10.2 Å². The van der Waals surface area contributed by atoms with Gasteiger partial charge < -0.3 is 10.2 Å². The summed E-state index contributed by atoms with van der Waals surface area (Å²) < 4.78 is 0. The molecule has 0 aromatic rings. The van der Waals surface area contributed by atoms with Crippen LogP contribution in [0, 0.1) is 29.6 Å². The van der Waals surface area contributed by atoms with E-state index in [0.717, 1.165) is 18.8 Å². The fourth-order valence-corrected chi connectivity index (χ4v) is 4.02. The van der Waals surface area contributed by atoms with E-state index in [1.807, 2.05) is 0 Å². The highest BCUT2D eigenvalue weighted by atomic mass is 16.3. The van der Waals surface area contributed by atoms with Gasteiger partial charge in [-0.3, -0.25) is 0 Å². The number of hydrogen-bond donors (Lipinski definition) is 2. The molecule has 0 aliphatic heterocycles. The summed E-state index contributed by atoms with van der Waals surface area (Å²) in [6, 6.07) is 0. The van der Waals surface area contributed by atoms with Crippen molar-refractivity contribution >= 4 is 0 Å². The topological polar surface area (TPSA) is 40.5 Å². The largest absolute Gasteiger partial charge is 0.396 e. The van der Waals surface area contributed by atoms with Gasteiger partial charge in [-0.1, -0.05) is 13.8 Å². The van der Waals surface area contributed by atoms with Crippen LogP contribution in [-0.2, 0) is 0 Å². The predicted molar refractivity (Wildman–Crippen MR) is 60.4 cm³/mol. The van der Waals surface area contributed by atoms with Crippen molar-refractivity contribution in [3.8, 4) is 0 Å². The summed E-state index contributed by atoms with van der Waals surface area (Å²) in [5.41, 5.74) is 0. The van der Waals surface area contributed by atoms with Gasteiger partial charge in [-0.05, 0) is 55.3 Å². The standard InChI is InChI=1S/C13H24O2/c1-8-3-6-12(15)11-5-4-10(13(8)11)9(2)7-14/h8-15H,3-7H2,1-2H3/t8-,9?,10?,11?,12?,13?/m0/s1. The monoisotopic (exact) mass is 212 g/mol. The Morgan fingerprint density at radius 3 is 2.60 bits per heavy atom. The average Bonchev–Trinajstić information content (AvgIpc) is 2.68. The zero-order chi connectivity index (χ0) is 11.0. The zero-order valence-corrected chi connectivity index (χ0v) is 9.89. The van der Waals surface area contributed by atoms with Gasteiger partial charge in [0.1, 0.15) is 0 Å². The molecule has 15 heavy (non-hydrogen) atoms. The van der Waals surface area contributed by atoms with Crippen LogP contribution in [0.2, 0.25) is 0 Å². The third kappa shape index (κ3) is 1.94. The van der Waals surface area contributed by atoms with E-state index in [9.17, 15) is 10.2 Å². The number of aliphatic hydroxyl groups is 2. The smallest absolute Gasteiger partial charge is 0.0571 e. The Morgan fingerprint density at radius 2 is 1.93 bits per heavy atom. The molecule has 5 unspecified atom stereocenters. The molecule has 88 valence electrons. The van der Waals surface area contributed by atoms with Gasteiger partial charge in [0.05, 0.1) is 6.10 Å². The molecule has 0 saturated heterocycles. The maximum Gasteiger partial charge on any atom is 0.0571 e. The highest BCUT2D eigenvalue weighted by molar-refractivity contribution is 4.95. The summed E-state index contributed by atoms with van der Waals surface area (Å²) in [7, 11) is 0. The van der Waals surface area contributed by atoms with Crippen molar-refractivity contribution in [2.24, 2.45) is 29.6 Å². The fourth-order valence-electron chi connectivity index (χ4n) is 4.02. The molecule has 0 spiro atoms. The molecule has 2 rings (SSSR count). The van der Waals surface area contributed by atoms with Gasteiger partial charge >= 0.3 is 0 Å². The van der Waals surface area contributed by atoms with E-state index in [4.69, 9.17) is 0 Å². The molecule has 2 fully saturated rings. The average molecular weight is 212 g/mol. The summed E-state index contributed by atoms with van der Waals surface area (Å²) in [6.07, 6.45) is 4.46. The molecule has 2 saturated carbocycles. The van der Waals surface area contributed by atoms with Crippen LogP contribution in [0.5, 0.6) is 0 Å². The molecule has 0 radical (unpaired) electrons.